The smallest absolute Gasteiger partial charge is 0.249 e. The number of nitrogens with zero attached hydrogens (tertiary/aromatic N) is 3. The number of rotatable bonds is 6. The van der Waals surface area contributed by atoms with Gasteiger partial charge in [0.25, 0.3) is 0 Å². The standard InChI is InChI=1S/C18H15ClN4O3/c1-12(24)16-8-7-15(26-16)11-23-20-10-17(22-23)21-18(25)9-4-13-2-5-14(19)6-3-13/h2-10H,11H2,1H3,(H,21,22,25)/b9-4+. The van der Waals surface area contributed by atoms with Crippen molar-refractivity contribution in [2.75, 3.05) is 5.32 Å². The van der Waals surface area contributed by atoms with Crippen LogP contribution in [0, 0.1) is 0 Å². The van der Waals surface area contributed by atoms with Gasteiger partial charge in [0.15, 0.2) is 17.4 Å². The van der Waals surface area contributed by atoms with E-state index in [4.69, 9.17) is 16.0 Å². The molecule has 0 radical (unpaired) electrons. The maximum atomic E-state index is 11.9. The number of carbonyl (C=O) groups excluding carboxylic acids is 2. The van der Waals surface area contributed by atoms with Crippen LogP contribution in [0.2, 0.25) is 5.02 Å². The zero-order chi connectivity index (χ0) is 18.5. The van der Waals surface area contributed by atoms with Crippen LogP contribution in [0.3, 0.4) is 0 Å². The third-order valence-corrected chi connectivity index (χ3v) is 3.64. The Bertz CT molecular complexity index is 957. The molecule has 0 atom stereocenters. The summed E-state index contributed by atoms with van der Waals surface area (Å²) >= 11 is 5.81. The van der Waals surface area contributed by atoms with E-state index in [1.54, 1.807) is 42.5 Å². The molecular weight excluding hydrogens is 356 g/mol. The Kier molecular flexibility index (Phi) is 5.28. The number of hydrogen-bond acceptors (Lipinski definition) is 5. The summed E-state index contributed by atoms with van der Waals surface area (Å²) in [6.07, 6.45) is 4.50. The summed E-state index contributed by atoms with van der Waals surface area (Å²) in [5.74, 6) is 0.669. The van der Waals surface area contributed by atoms with Gasteiger partial charge in [-0.25, -0.2) is 0 Å². The molecule has 2 aromatic heterocycles. The molecule has 0 bridgehead atoms. The Hall–Kier alpha value is -3.19. The van der Waals surface area contributed by atoms with E-state index in [0.29, 0.717) is 16.6 Å². The lowest BCUT2D eigenvalue weighted by atomic mass is 10.2. The average Bonchev–Trinajstić information content (AvgIpc) is 3.24. The number of benzene rings is 1. The van der Waals surface area contributed by atoms with Gasteiger partial charge in [-0.05, 0) is 35.9 Å². The fourth-order valence-electron chi connectivity index (χ4n) is 2.14. The lowest BCUT2D eigenvalue weighted by molar-refractivity contribution is -0.111. The highest BCUT2D eigenvalue weighted by Gasteiger charge is 2.09. The fraction of sp³-hybridized carbons (Fsp3) is 0.111. The quantitative estimate of drug-likeness (QED) is 0.530. The summed E-state index contributed by atoms with van der Waals surface area (Å²) in [4.78, 5) is 24.5. The Morgan fingerprint density at radius 2 is 2.00 bits per heavy atom. The van der Waals surface area contributed by atoms with Gasteiger partial charge in [0.1, 0.15) is 12.3 Å². The molecule has 2 heterocycles. The van der Waals surface area contributed by atoms with Crippen LogP contribution < -0.4 is 5.32 Å². The molecule has 132 valence electrons. The van der Waals surface area contributed by atoms with Crippen molar-refractivity contribution in [1.29, 1.82) is 0 Å². The third-order valence-electron chi connectivity index (χ3n) is 3.39. The van der Waals surface area contributed by atoms with Crippen molar-refractivity contribution in [3.05, 3.63) is 70.8 Å². The van der Waals surface area contributed by atoms with Crippen LogP contribution in [-0.2, 0) is 11.3 Å². The molecule has 7 nitrogen and oxygen atoms in total. The van der Waals surface area contributed by atoms with Gasteiger partial charge in [0.05, 0.1) is 6.20 Å². The molecule has 3 aromatic rings. The number of hydrogen-bond donors (Lipinski definition) is 1. The van der Waals surface area contributed by atoms with Gasteiger partial charge in [0, 0.05) is 18.0 Å². The van der Waals surface area contributed by atoms with Crippen LogP contribution in [0.5, 0.6) is 0 Å². The molecular formula is C18H15ClN4O3. The van der Waals surface area contributed by atoms with E-state index in [-0.39, 0.29) is 24.0 Å². The predicted octanol–water partition coefficient (Wildman–Crippen LogP) is 3.43. The zero-order valence-corrected chi connectivity index (χ0v) is 14.6. The third kappa shape index (κ3) is 4.67. The second-order valence-electron chi connectivity index (χ2n) is 5.46. The summed E-state index contributed by atoms with van der Waals surface area (Å²) in [7, 11) is 0. The van der Waals surface area contributed by atoms with E-state index in [0.717, 1.165) is 5.56 Å². The minimum atomic E-state index is -0.330. The Morgan fingerprint density at radius 1 is 1.23 bits per heavy atom. The largest absolute Gasteiger partial charge is 0.456 e. The fourth-order valence-corrected chi connectivity index (χ4v) is 2.26. The van der Waals surface area contributed by atoms with E-state index in [9.17, 15) is 9.59 Å². The maximum absolute atomic E-state index is 11.9. The molecule has 1 aromatic carbocycles. The molecule has 0 aliphatic heterocycles. The van der Waals surface area contributed by atoms with Gasteiger partial charge in [0.2, 0.25) is 5.91 Å². The summed E-state index contributed by atoms with van der Waals surface area (Å²) in [5.41, 5.74) is 0.854. The predicted molar refractivity (Wildman–Crippen MR) is 97.0 cm³/mol. The molecule has 1 amide bonds. The molecule has 8 heteroatoms. The van der Waals surface area contributed by atoms with Crippen molar-refractivity contribution < 1.29 is 14.0 Å². The monoisotopic (exact) mass is 370 g/mol. The van der Waals surface area contributed by atoms with Gasteiger partial charge in [-0.3, -0.25) is 9.59 Å². The lowest BCUT2D eigenvalue weighted by Crippen LogP contribution is -2.09. The number of anilines is 1. The van der Waals surface area contributed by atoms with Crippen molar-refractivity contribution >= 4 is 35.2 Å². The molecule has 0 saturated heterocycles. The summed E-state index contributed by atoms with van der Waals surface area (Å²) in [5, 5.41) is 11.5. The molecule has 1 N–H and O–H groups in total. The van der Waals surface area contributed by atoms with Crippen molar-refractivity contribution in [3.63, 3.8) is 0 Å². The minimum absolute atomic E-state index is 0.148. The maximum Gasteiger partial charge on any atom is 0.249 e. The Morgan fingerprint density at radius 3 is 2.69 bits per heavy atom. The first-order chi connectivity index (χ1) is 12.5. The summed E-state index contributed by atoms with van der Waals surface area (Å²) in [6, 6.07) is 10.4. The van der Waals surface area contributed by atoms with Crippen LogP contribution in [0.1, 0.15) is 28.8 Å². The van der Waals surface area contributed by atoms with Crippen molar-refractivity contribution in [2.45, 2.75) is 13.5 Å². The number of ketones is 1. The number of carbonyl (C=O) groups is 2. The van der Waals surface area contributed by atoms with Gasteiger partial charge in [-0.1, -0.05) is 23.7 Å². The second-order valence-corrected chi connectivity index (χ2v) is 5.89. The number of nitrogens with one attached hydrogen (secondary N) is 1. The first kappa shape index (κ1) is 17.6. The number of amides is 1. The Labute approximate surface area is 154 Å². The molecule has 0 aliphatic carbocycles. The number of furan rings is 1. The van der Waals surface area contributed by atoms with Gasteiger partial charge in [-0.2, -0.15) is 9.90 Å². The molecule has 0 aliphatic rings. The van der Waals surface area contributed by atoms with Gasteiger partial charge < -0.3 is 9.73 Å². The van der Waals surface area contributed by atoms with Gasteiger partial charge in [-0.15, -0.1) is 5.10 Å². The van der Waals surface area contributed by atoms with Crippen LogP contribution in [0.15, 0.2) is 53.1 Å². The number of aromatic nitrogens is 3. The van der Waals surface area contributed by atoms with E-state index in [1.165, 1.54) is 24.0 Å². The summed E-state index contributed by atoms with van der Waals surface area (Å²) in [6.45, 7) is 1.68. The number of halogens is 1. The average molecular weight is 371 g/mol. The summed E-state index contributed by atoms with van der Waals surface area (Å²) < 4.78 is 5.38. The molecule has 0 spiro atoms. The molecule has 0 unspecified atom stereocenters. The normalized spacial score (nSPS) is 11.0. The lowest BCUT2D eigenvalue weighted by Gasteiger charge is -1.97. The molecule has 26 heavy (non-hydrogen) atoms. The van der Waals surface area contributed by atoms with Crippen molar-refractivity contribution in [1.82, 2.24) is 15.0 Å². The van der Waals surface area contributed by atoms with Gasteiger partial charge >= 0.3 is 0 Å². The van der Waals surface area contributed by atoms with Crippen molar-refractivity contribution in [3.8, 4) is 0 Å². The highest BCUT2D eigenvalue weighted by Crippen LogP contribution is 2.12. The van der Waals surface area contributed by atoms with E-state index >= 15 is 0 Å². The zero-order valence-electron chi connectivity index (χ0n) is 13.8. The van der Waals surface area contributed by atoms with Crippen LogP contribution in [0.25, 0.3) is 6.08 Å². The van der Waals surface area contributed by atoms with E-state index < -0.39 is 0 Å². The first-order valence-corrected chi connectivity index (χ1v) is 8.12. The number of Topliss-reactive ketones (excluding diaryl/α,β-unsaturated/α-hetero) is 1. The van der Waals surface area contributed by atoms with Crippen LogP contribution in [-0.4, -0.2) is 26.7 Å². The SMILES string of the molecule is CC(=O)c1ccc(Cn2ncc(NC(=O)/C=C/c3ccc(Cl)cc3)n2)o1. The van der Waals surface area contributed by atoms with E-state index in [2.05, 4.69) is 15.5 Å². The molecule has 0 fully saturated rings. The Balaban J connectivity index is 1.57. The highest BCUT2D eigenvalue weighted by atomic mass is 35.5. The topological polar surface area (TPSA) is 90.0 Å². The van der Waals surface area contributed by atoms with Crippen LogP contribution in [0.4, 0.5) is 5.82 Å². The van der Waals surface area contributed by atoms with E-state index in [1.807, 2.05) is 0 Å². The minimum Gasteiger partial charge on any atom is -0.456 e. The highest BCUT2D eigenvalue weighted by molar-refractivity contribution is 6.30. The first-order valence-electron chi connectivity index (χ1n) is 7.74. The van der Waals surface area contributed by atoms with Crippen LogP contribution >= 0.6 is 11.6 Å². The van der Waals surface area contributed by atoms with Crippen molar-refractivity contribution in [2.24, 2.45) is 0 Å². The molecule has 3 rings (SSSR count). The molecule has 0 saturated carbocycles. The second kappa shape index (κ2) is 7.79.